The minimum Gasteiger partial charge on any atom is -0.456 e. The SMILES string of the molecule is CC(C)(C)c1ccc(-c2ccccc2-c2ccc3c(c2)N(c2ccccc2-c2ccc4oc5ccccc5c4c2)c2cccc4c2B3c2ccc(-c3ccccc3-c3ccc(C(C)(C)C)cc3)cc2N4c2ccccc2-c2ccc3oc4ccccc4c3c2)cc1. The third-order valence-electron chi connectivity index (χ3n) is 19.3. The number of furan rings is 2. The van der Waals surface area contributed by atoms with E-state index in [0.29, 0.717) is 0 Å². The summed E-state index contributed by atoms with van der Waals surface area (Å²) in [6, 6.07) is 106. The lowest BCUT2D eigenvalue weighted by molar-refractivity contribution is 0.590. The molecule has 434 valence electrons. The van der Waals surface area contributed by atoms with Gasteiger partial charge in [-0.25, -0.2) is 0 Å². The van der Waals surface area contributed by atoms with Crippen LogP contribution in [0.5, 0.6) is 0 Å². The molecule has 0 saturated carbocycles. The fraction of sp³-hybridized carbons (Fsp3) is 0.0930. The van der Waals surface area contributed by atoms with Crippen molar-refractivity contribution in [2.75, 3.05) is 9.80 Å². The van der Waals surface area contributed by atoms with Crippen molar-refractivity contribution in [3.8, 4) is 66.8 Å². The zero-order valence-electron chi connectivity index (χ0n) is 51.9. The van der Waals surface area contributed by atoms with Gasteiger partial charge < -0.3 is 18.6 Å². The number of rotatable bonds is 8. The van der Waals surface area contributed by atoms with Gasteiger partial charge in [0.25, 0.3) is 6.71 Å². The third-order valence-corrected chi connectivity index (χ3v) is 19.3. The summed E-state index contributed by atoms with van der Waals surface area (Å²) in [5.74, 6) is 0. The Hall–Kier alpha value is -10.9. The largest absolute Gasteiger partial charge is 0.456 e. The topological polar surface area (TPSA) is 32.8 Å². The molecule has 15 aromatic rings. The number of benzene rings is 13. The van der Waals surface area contributed by atoms with Crippen LogP contribution in [-0.4, -0.2) is 6.71 Å². The van der Waals surface area contributed by atoms with E-state index in [4.69, 9.17) is 8.83 Å². The van der Waals surface area contributed by atoms with Crippen LogP contribution in [0.4, 0.5) is 34.1 Å². The van der Waals surface area contributed by atoms with Gasteiger partial charge in [-0.15, -0.1) is 0 Å². The van der Waals surface area contributed by atoms with Crippen LogP contribution >= 0.6 is 0 Å². The molecule has 0 spiro atoms. The molecule has 4 heterocycles. The van der Waals surface area contributed by atoms with Gasteiger partial charge in [0.1, 0.15) is 22.3 Å². The molecule has 0 unspecified atom stereocenters. The first kappa shape index (κ1) is 54.3. The Balaban J connectivity index is 0.915. The molecule has 91 heavy (non-hydrogen) atoms. The van der Waals surface area contributed by atoms with E-state index in [0.717, 1.165) is 111 Å². The van der Waals surface area contributed by atoms with Crippen LogP contribution in [0.2, 0.25) is 0 Å². The summed E-state index contributed by atoms with van der Waals surface area (Å²) in [7, 11) is 0. The van der Waals surface area contributed by atoms with Crippen LogP contribution < -0.4 is 26.2 Å². The second-order valence-electron chi connectivity index (χ2n) is 26.8. The molecule has 13 aromatic carbocycles. The Morgan fingerprint density at radius 3 is 0.989 bits per heavy atom. The van der Waals surface area contributed by atoms with Crippen molar-refractivity contribution in [3.05, 3.63) is 296 Å². The summed E-state index contributed by atoms with van der Waals surface area (Å²) in [4.78, 5) is 5.15. The summed E-state index contributed by atoms with van der Waals surface area (Å²) in [5, 5.41) is 4.41. The van der Waals surface area contributed by atoms with Crippen LogP contribution in [-0.2, 0) is 10.8 Å². The highest BCUT2D eigenvalue weighted by atomic mass is 16.3. The van der Waals surface area contributed by atoms with Gasteiger partial charge in [-0.05, 0) is 167 Å². The van der Waals surface area contributed by atoms with Gasteiger partial charge in [0.15, 0.2) is 0 Å². The molecule has 0 atom stereocenters. The molecule has 5 heteroatoms. The molecule has 0 aliphatic carbocycles. The Morgan fingerprint density at radius 1 is 0.253 bits per heavy atom. The van der Waals surface area contributed by atoms with E-state index >= 15 is 0 Å². The van der Waals surface area contributed by atoms with Gasteiger partial charge in [-0.1, -0.05) is 254 Å². The van der Waals surface area contributed by atoms with Crippen LogP contribution in [0.15, 0.2) is 294 Å². The maximum Gasteiger partial charge on any atom is 0.252 e. The Labute approximate surface area is 532 Å². The first-order valence-electron chi connectivity index (χ1n) is 31.8. The summed E-state index contributed by atoms with van der Waals surface area (Å²) in [6.07, 6.45) is 0. The molecule has 0 saturated heterocycles. The molecular formula is C86H65BN2O2. The number of para-hydroxylation sites is 4. The predicted molar refractivity (Wildman–Crippen MR) is 385 cm³/mol. The molecule has 2 aliphatic rings. The Kier molecular flexibility index (Phi) is 12.5. The standard InChI is InChI=1S/C86H65BN2O2/c1-85(2,3)60-42-34-54(35-43-60)62-20-7-9-22-64(62)58-38-46-72-78(52-58)88(74-28-15-11-24-66(74)56-40-48-82-70(50-56)68-26-13-17-32-80(68)90-82)76-30-19-31-77-84(76)87(72)73-47-39-59(65-23-10-8-21-63(65)55-36-44-61(45-37-55)86(4,5)6)53-79(73)89(77)75-29-16-12-25-67(75)57-41-49-83-71(51-57)69-27-14-18-33-81(69)91-83/h7-53H,1-6H3. The van der Waals surface area contributed by atoms with Crippen molar-refractivity contribution in [2.24, 2.45) is 0 Å². The minimum absolute atomic E-state index is 0.0406. The van der Waals surface area contributed by atoms with Crippen molar-refractivity contribution in [2.45, 2.75) is 52.4 Å². The highest BCUT2D eigenvalue weighted by Gasteiger charge is 2.44. The molecule has 0 bridgehead atoms. The van der Waals surface area contributed by atoms with E-state index in [1.165, 1.54) is 60.9 Å². The van der Waals surface area contributed by atoms with Crippen molar-refractivity contribution < 1.29 is 8.83 Å². The van der Waals surface area contributed by atoms with E-state index in [9.17, 15) is 0 Å². The Morgan fingerprint density at radius 2 is 0.571 bits per heavy atom. The maximum absolute atomic E-state index is 6.44. The van der Waals surface area contributed by atoms with Crippen molar-refractivity contribution >= 4 is 101 Å². The van der Waals surface area contributed by atoms with E-state index in [1.54, 1.807) is 0 Å². The molecule has 0 fully saturated rings. The normalized spacial score (nSPS) is 12.9. The van der Waals surface area contributed by atoms with Gasteiger partial charge in [-0.2, -0.15) is 0 Å². The molecule has 2 aromatic heterocycles. The van der Waals surface area contributed by atoms with Gasteiger partial charge in [0.2, 0.25) is 0 Å². The summed E-state index contributed by atoms with van der Waals surface area (Å²) in [5.41, 5.74) is 30.6. The van der Waals surface area contributed by atoms with Gasteiger partial charge >= 0.3 is 0 Å². The first-order valence-corrected chi connectivity index (χ1v) is 31.8. The average molecular weight is 1170 g/mol. The molecule has 0 N–H and O–H groups in total. The third kappa shape index (κ3) is 8.97. The smallest absolute Gasteiger partial charge is 0.252 e. The zero-order chi connectivity index (χ0) is 61.3. The zero-order valence-corrected chi connectivity index (χ0v) is 51.9. The van der Waals surface area contributed by atoms with Gasteiger partial charge in [0.05, 0.1) is 11.4 Å². The number of nitrogens with zero attached hydrogens (tertiary/aromatic N) is 2. The van der Waals surface area contributed by atoms with Crippen LogP contribution in [0, 0.1) is 0 Å². The quantitative estimate of drug-likeness (QED) is 0.142. The fourth-order valence-corrected chi connectivity index (χ4v) is 14.7. The number of hydrogen-bond acceptors (Lipinski definition) is 4. The number of fused-ring (bicyclic) bond motifs is 10. The van der Waals surface area contributed by atoms with Crippen LogP contribution in [0.25, 0.3) is 111 Å². The lowest BCUT2D eigenvalue weighted by atomic mass is 9.33. The lowest BCUT2D eigenvalue weighted by Crippen LogP contribution is -2.61. The Bertz CT molecular complexity index is 5070. The fourth-order valence-electron chi connectivity index (χ4n) is 14.7. The van der Waals surface area contributed by atoms with E-state index in [-0.39, 0.29) is 17.5 Å². The van der Waals surface area contributed by atoms with Gasteiger partial charge in [0, 0.05) is 55.4 Å². The van der Waals surface area contributed by atoms with E-state index in [1.807, 2.05) is 12.1 Å². The lowest BCUT2D eigenvalue weighted by Gasteiger charge is -2.45. The second-order valence-corrected chi connectivity index (χ2v) is 26.8. The highest BCUT2D eigenvalue weighted by Crippen LogP contribution is 2.51. The molecular weight excluding hydrogens is 1100 g/mol. The van der Waals surface area contributed by atoms with Crippen molar-refractivity contribution in [1.29, 1.82) is 0 Å². The monoisotopic (exact) mass is 1170 g/mol. The average Bonchev–Trinajstić information content (AvgIpc) is 1.23. The number of anilines is 6. The summed E-state index contributed by atoms with van der Waals surface area (Å²) >= 11 is 0. The minimum atomic E-state index is -0.145. The first-order chi connectivity index (χ1) is 44.4. The van der Waals surface area contributed by atoms with Gasteiger partial charge in [-0.3, -0.25) is 0 Å². The van der Waals surface area contributed by atoms with E-state index in [2.05, 4.69) is 324 Å². The number of hydrogen-bond donors (Lipinski definition) is 0. The molecule has 4 nitrogen and oxygen atoms in total. The van der Waals surface area contributed by atoms with E-state index < -0.39 is 0 Å². The molecule has 17 rings (SSSR count). The highest BCUT2D eigenvalue weighted by molar-refractivity contribution is 7.00. The molecule has 0 radical (unpaired) electrons. The maximum atomic E-state index is 6.44. The van der Waals surface area contributed by atoms with Crippen LogP contribution in [0.3, 0.4) is 0 Å². The second kappa shape index (κ2) is 20.9. The summed E-state index contributed by atoms with van der Waals surface area (Å²) < 4.78 is 12.9. The molecule has 0 amide bonds. The summed E-state index contributed by atoms with van der Waals surface area (Å²) in [6.45, 7) is 13.5. The predicted octanol–water partition coefficient (Wildman–Crippen LogP) is 22.2. The van der Waals surface area contributed by atoms with Crippen LogP contribution in [0.1, 0.15) is 52.7 Å². The molecule has 2 aliphatic heterocycles. The van der Waals surface area contributed by atoms with Crippen molar-refractivity contribution in [1.82, 2.24) is 0 Å². The van der Waals surface area contributed by atoms with Crippen molar-refractivity contribution in [3.63, 3.8) is 0 Å².